The zero-order valence-electron chi connectivity index (χ0n) is 14.3. The van der Waals surface area contributed by atoms with Gasteiger partial charge in [-0.15, -0.1) is 0 Å². The molecule has 2 aliphatic heterocycles. The Morgan fingerprint density at radius 3 is 2.96 bits per heavy atom. The maximum absolute atomic E-state index is 5.93. The van der Waals surface area contributed by atoms with Gasteiger partial charge in [0.15, 0.2) is 6.23 Å². The molecule has 2 aliphatic rings. The SMILES string of the molecule is Cc1cc(-c2cc(N3CCOC[C@H]3C)sn2)n(C2CCCCO2)n1. The predicted octanol–water partition coefficient (Wildman–Crippen LogP) is 3.24. The molecule has 2 aromatic heterocycles. The van der Waals surface area contributed by atoms with Gasteiger partial charge in [0.25, 0.3) is 0 Å². The number of rotatable bonds is 3. The van der Waals surface area contributed by atoms with Gasteiger partial charge in [0, 0.05) is 19.2 Å². The third kappa shape index (κ3) is 3.08. The lowest BCUT2D eigenvalue weighted by Gasteiger charge is -2.33. The van der Waals surface area contributed by atoms with Crippen molar-refractivity contribution in [2.24, 2.45) is 0 Å². The zero-order valence-corrected chi connectivity index (χ0v) is 15.1. The van der Waals surface area contributed by atoms with Crippen molar-refractivity contribution in [2.75, 3.05) is 31.3 Å². The Bertz CT molecular complexity index is 693. The van der Waals surface area contributed by atoms with Gasteiger partial charge in [-0.2, -0.15) is 9.47 Å². The zero-order chi connectivity index (χ0) is 16.5. The van der Waals surface area contributed by atoms with Crippen LogP contribution in [0, 0.1) is 6.92 Å². The maximum Gasteiger partial charge on any atom is 0.150 e. The minimum atomic E-state index is 0.0370. The van der Waals surface area contributed by atoms with Crippen molar-refractivity contribution in [1.82, 2.24) is 14.2 Å². The van der Waals surface area contributed by atoms with E-state index in [1.165, 1.54) is 11.4 Å². The molecule has 0 radical (unpaired) electrons. The second kappa shape index (κ2) is 6.82. The molecule has 0 bridgehead atoms. The van der Waals surface area contributed by atoms with Crippen LogP contribution >= 0.6 is 11.5 Å². The van der Waals surface area contributed by atoms with Gasteiger partial charge in [0.05, 0.1) is 30.6 Å². The quantitative estimate of drug-likeness (QED) is 0.852. The number of aryl methyl sites for hydroxylation is 1. The average Bonchev–Trinajstić information content (AvgIpc) is 3.23. The third-order valence-electron chi connectivity index (χ3n) is 4.70. The van der Waals surface area contributed by atoms with Gasteiger partial charge < -0.3 is 14.4 Å². The number of anilines is 1. The summed E-state index contributed by atoms with van der Waals surface area (Å²) in [4.78, 5) is 2.38. The lowest BCUT2D eigenvalue weighted by Crippen LogP contribution is -2.43. The average molecular weight is 348 g/mol. The molecule has 4 heterocycles. The first kappa shape index (κ1) is 16.1. The highest BCUT2D eigenvalue weighted by molar-refractivity contribution is 7.10. The molecule has 7 heteroatoms. The standard InChI is InChI=1S/C17H24N4O2S/c1-12-9-15(21(18-12)16-5-3-4-7-23-16)14-10-17(24-19-14)20-6-8-22-11-13(20)2/h9-10,13,16H,3-8,11H2,1-2H3/t13-,16?/m1/s1. The van der Waals surface area contributed by atoms with Crippen molar-refractivity contribution in [2.45, 2.75) is 45.4 Å². The van der Waals surface area contributed by atoms with E-state index in [0.29, 0.717) is 6.04 Å². The van der Waals surface area contributed by atoms with Crippen molar-refractivity contribution in [3.8, 4) is 11.4 Å². The molecular weight excluding hydrogens is 324 g/mol. The van der Waals surface area contributed by atoms with Crippen LogP contribution in [0.25, 0.3) is 11.4 Å². The van der Waals surface area contributed by atoms with Crippen LogP contribution in [0.1, 0.15) is 38.1 Å². The van der Waals surface area contributed by atoms with E-state index in [-0.39, 0.29) is 6.23 Å². The molecule has 2 saturated heterocycles. The van der Waals surface area contributed by atoms with Crippen molar-refractivity contribution < 1.29 is 9.47 Å². The van der Waals surface area contributed by atoms with Crippen LogP contribution in [0.15, 0.2) is 12.1 Å². The molecule has 0 aromatic carbocycles. The van der Waals surface area contributed by atoms with Gasteiger partial charge in [0.2, 0.25) is 0 Å². The monoisotopic (exact) mass is 348 g/mol. The van der Waals surface area contributed by atoms with Crippen LogP contribution in [-0.2, 0) is 9.47 Å². The predicted molar refractivity (Wildman–Crippen MR) is 94.5 cm³/mol. The fraction of sp³-hybridized carbons (Fsp3) is 0.647. The first-order valence-corrected chi connectivity index (χ1v) is 9.49. The molecular formula is C17H24N4O2S. The fourth-order valence-corrected chi connectivity index (χ4v) is 4.30. The smallest absolute Gasteiger partial charge is 0.150 e. The minimum absolute atomic E-state index is 0.0370. The molecule has 24 heavy (non-hydrogen) atoms. The summed E-state index contributed by atoms with van der Waals surface area (Å²) >= 11 is 1.56. The lowest BCUT2D eigenvalue weighted by molar-refractivity contribution is -0.0385. The summed E-state index contributed by atoms with van der Waals surface area (Å²) < 4.78 is 18.2. The van der Waals surface area contributed by atoms with E-state index in [9.17, 15) is 0 Å². The van der Waals surface area contributed by atoms with E-state index >= 15 is 0 Å². The Hall–Kier alpha value is -1.44. The summed E-state index contributed by atoms with van der Waals surface area (Å²) in [7, 11) is 0. The molecule has 4 rings (SSSR count). The Balaban J connectivity index is 1.62. The Morgan fingerprint density at radius 2 is 2.17 bits per heavy atom. The molecule has 0 spiro atoms. The molecule has 2 fully saturated rings. The van der Waals surface area contributed by atoms with Crippen LogP contribution in [0.3, 0.4) is 0 Å². The Labute approximate surface area is 146 Å². The summed E-state index contributed by atoms with van der Waals surface area (Å²) in [6.07, 6.45) is 3.39. The molecule has 130 valence electrons. The van der Waals surface area contributed by atoms with Gasteiger partial charge in [-0.3, -0.25) is 0 Å². The van der Waals surface area contributed by atoms with E-state index in [2.05, 4.69) is 29.1 Å². The van der Waals surface area contributed by atoms with Gasteiger partial charge in [-0.1, -0.05) is 0 Å². The molecule has 0 saturated carbocycles. The van der Waals surface area contributed by atoms with Gasteiger partial charge in [-0.25, -0.2) is 4.68 Å². The molecule has 2 aromatic rings. The van der Waals surface area contributed by atoms with E-state index in [1.54, 1.807) is 11.5 Å². The number of hydrogen-bond acceptors (Lipinski definition) is 6. The topological polar surface area (TPSA) is 52.4 Å². The molecule has 2 atom stereocenters. The van der Waals surface area contributed by atoms with Gasteiger partial charge in [-0.05, 0) is 50.7 Å². The molecule has 6 nitrogen and oxygen atoms in total. The maximum atomic E-state index is 5.93. The van der Waals surface area contributed by atoms with Gasteiger partial charge >= 0.3 is 0 Å². The number of nitrogens with zero attached hydrogens (tertiary/aromatic N) is 4. The second-order valence-electron chi connectivity index (χ2n) is 6.60. The Morgan fingerprint density at radius 1 is 1.25 bits per heavy atom. The van der Waals surface area contributed by atoms with Crippen molar-refractivity contribution in [3.05, 3.63) is 17.8 Å². The second-order valence-corrected chi connectivity index (χ2v) is 7.39. The fourth-order valence-electron chi connectivity index (χ4n) is 3.42. The molecule has 0 N–H and O–H groups in total. The first-order chi connectivity index (χ1) is 11.7. The van der Waals surface area contributed by atoms with Crippen LogP contribution in [0.4, 0.5) is 5.00 Å². The number of ether oxygens (including phenoxy) is 2. The Kier molecular flexibility index (Phi) is 4.56. The summed E-state index contributed by atoms with van der Waals surface area (Å²) in [5.41, 5.74) is 3.06. The molecule has 0 amide bonds. The van der Waals surface area contributed by atoms with Crippen LogP contribution in [0.5, 0.6) is 0 Å². The van der Waals surface area contributed by atoms with E-state index in [4.69, 9.17) is 13.8 Å². The molecule has 0 aliphatic carbocycles. The highest BCUT2D eigenvalue weighted by Gasteiger charge is 2.24. The largest absolute Gasteiger partial charge is 0.377 e. The van der Waals surface area contributed by atoms with E-state index in [1.807, 2.05) is 11.6 Å². The number of hydrogen-bond donors (Lipinski definition) is 0. The van der Waals surface area contributed by atoms with Gasteiger partial charge in [0.1, 0.15) is 10.7 Å². The van der Waals surface area contributed by atoms with Crippen molar-refractivity contribution in [1.29, 1.82) is 0 Å². The summed E-state index contributed by atoms with van der Waals surface area (Å²) in [6.45, 7) is 7.52. The van der Waals surface area contributed by atoms with Crippen molar-refractivity contribution in [3.63, 3.8) is 0 Å². The third-order valence-corrected chi connectivity index (χ3v) is 5.52. The minimum Gasteiger partial charge on any atom is -0.377 e. The summed E-state index contributed by atoms with van der Waals surface area (Å²) in [5.74, 6) is 0. The highest BCUT2D eigenvalue weighted by atomic mass is 32.1. The first-order valence-electron chi connectivity index (χ1n) is 8.71. The molecule has 1 unspecified atom stereocenters. The van der Waals surface area contributed by atoms with Crippen LogP contribution in [0.2, 0.25) is 0 Å². The number of aromatic nitrogens is 3. The van der Waals surface area contributed by atoms with E-state index < -0.39 is 0 Å². The van der Waals surface area contributed by atoms with Crippen LogP contribution in [-0.4, -0.2) is 46.6 Å². The normalized spacial score (nSPS) is 25.2. The summed E-state index contributed by atoms with van der Waals surface area (Å²) in [5, 5.41) is 5.87. The summed E-state index contributed by atoms with van der Waals surface area (Å²) in [6, 6.07) is 4.68. The van der Waals surface area contributed by atoms with Crippen molar-refractivity contribution >= 4 is 16.5 Å². The van der Waals surface area contributed by atoms with Crippen LogP contribution < -0.4 is 4.90 Å². The van der Waals surface area contributed by atoms with E-state index in [0.717, 1.165) is 56.3 Å². The lowest BCUT2D eigenvalue weighted by atomic mass is 10.2. The number of morpholine rings is 1. The highest BCUT2D eigenvalue weighted by Crippen LogP contribution is 2.33.